The quantitative estimate of drug-likeness (QED) is 0.318. The lowest BCUT2D eigenvalue weighted by Gasteiger charge is -2.52. The van der Waals surface area contributed by atoms with Crippen LogP contribution in [-0.2, 0) is 17.3 Å². The summed E-state index contributed by atoms with van der Waals surface area (Å²) in [6, 6.07) is 5.86. The van der Waals surface area contributed by atoms with Gasteiger partial charge in [0.05, 0.1) is 41.2 Å². The summed E-state index contributed by atoms with van der Waals surface area (Å²) in [6.45, 7) is 1.87. The van der Waals surface area contributed by atoms with Crippen molar-refractivity contribution < 1.29 is 18.0 Å². The summed E-state index contributed by atoms with van der Waals surface area (Å²) in [5.41, 5.74) is 1.21. The van der Waals surface area contributed by atoms with Gasteiger partial charge >= 0.3 is 6.18 Å². The van der Waals surface area contributed by atoms with Gasteiger partial charge in [0.1, 0.15) is 17.7 Å². The monoisotopic (exact) mass is 619 g/mol. The predicted molar refractivity (Wildman–Crippen MR) is 155 cm³/mol. The number of piperazine rings is 1. The third kappa shape index (κ3) is 5.01. The van der Waals surface area contributed by atoms with Gasteiger partial charge in [-0.2, -0.15) is 23.5 Å². The molecule has 2 N–H and O–H groups in total. The molecule has 0 atom stereocenters. The fourth-order valence-corrected chi connectivity index (χ4v) is 6.99. The van der Waals surface area contributed by atoms with Gasteiger partial charge in [-0.15, -0.1) is 0 Å². The molecule has 45 heavy (non-hydrogen) atoms. The molecule has 0 unspecified atom stereocenters. The lowest BCUT2D eigenvalue weighted by molar-refractivity contribution is -0.145. The van der Waals surface area contributed by atoms with Gasteiger partial charge in [0.2, 0.25) is 5.82 Å². The third-order valence-corrected chi connectivity index (χ3v) is 9.83. The summed E-state index contributed by atoms with van der Waals surface area (Å²) < 4.78 is 43.0. The molecular formula is C30H32F3N11O. The SMILES string of the molecule is CNC1(c2cc(C(=O)N3CCN([C@H]4C[C@@](CC#N)(n5cc(-c6ncnc7[nH]ccc67)cn5)C4)CC3)nc(C(F)(F)F)n2)CCC1. The van der Waals surface area contributed by atoms with E-state index >= 15 is 0 Å². The van der Waals surface area contributed by atoms with Crippen LogP contribution in [0.3, 0.4) is 0 Å². The highest BCUT2D eigenvalue weighted by atomic mass is 19.4. The molecule has 0 aromatic carbocycles. The number of carbonyl (C=O) groups is 1. The molecule has 3 aliphatic rings. The second-order valence-corrected chi connectivity index (χ2v) is 12.2. The number of aromatic amines is 1. The van der Waals surface area contributed by atoms with Crippen LogP contribution < -0.4 is 5.32 Å². The second kappa shape index (κ2) is 10.9. The molecule has 4 aromatic heterocycles. The Bertz CT molecular complexity index is 1770. The molecule has 3 fully saturated rings. The molecule has 234 valence electrons. The van der Waals surface area contributed by atoms with E-state index < -0.39 is 29.0 Å². The van der Waals surface area contributed by atoms with Gasteiger partial charge in [0, 0.05) is 55.6 Å². The molecule has 4 aromatic rings. The smallest absolute Gasteiger partial charge is 0.346 e. The van der Waals surface area contributed by atoms with Crippen molar-refractivity contribution in [1.82, 2.24) is 49.8 Å². The van der Waals surface area contributed by atoms with Crippen LogP contribution in [-0.4, -0.2) is 89.7 Å². The zero-order chi connectivity index (χ0) is 31.4. The maximum Gasteiger partial charge on any atom is 0.451 e. The number of hydrogen-bond donors (Lipinski definition) is 2. The van der Waals surface area contributed by atoms with Crippen molar-refractivity contribution in [1.29, 1.82) is 5.26 Å². The Kier molecular flexibility index (Phi) is 7.08. The molecule has 0 bridgehead atoms. The van der Waals surface area contributed by atoms with Gasteiger partial charge in [-0.05, 0) is 51.3 Å². The molecule has 15 heteroatoms. The summed E-state index contributed by atoms with van der Waals surface area (Å²) in [7, 11) is 1.70. The summed E-state index contributed by atoms with van der Waals surface area (Å²) in [5.74, 6) is -1.81. The molecule has 1 saturated heterocycles. The minimum Gasteiger partial charge on any atom is -0.346 e. The number of H-pyrrole nitrogens is 1. The van der Waals surface area contributed by atoms with E-state index in [2.05, 4.69) is 46.3 Å². The van der Waals surface area contributed by atoms with E-state index in [1.807, 2.05) is 23.1 Å². The first kappa shape index (κ1) is 29.3. The summed E-state index contributed by atoms with van der Waals surface area (Å²) >= 11 is 0. The second-order valence-electron chi connectivity index (χ2n) is 12.2. The Labute approximate surface area is 256 Å². The molecule has 2 aliphatic carbocycles. The van der Waals surface area contributed by atoms with Crippen molar-refractivity contribution in [3.8, 4) is 17.3 Å². The van der Waals surface area contributed by atoms with E-state index in [-0.39, 0.29) is 17.4 Å². The van der Waals surface area contributed by atoms with Gasteiger partial charge in [-0.25, -0.2) is 19.9 Å². The van der Waals surface area contributed by atoms with Crippen LogP contribution in [0, 0.1) is 11.3 Å². The lowest BCUT2D eigenvalue weighted by atomic mass is 9.70. The Balaban J connectivity index is 1.03. The highest BCUT2D eigenvalue weighted by Crippen LogP contribution is 2.45. The predicted octanol–water partition coefficient (Wildman–Crippen LogP) is 3.46. The van der Waals surface area contributed by atoms with Crippen molar-refractivity contribution in [3.63, 3.8) is 0 Å². The van der Waals surface area contributed by atoms with Crippen molar-refractivity contribution >= 4 is 16.9 Å². The highest BCUT2D eigenvalue weighted by molar-refractivity contribution is 5.92. The summed E-state index contributed by atoms with van der Waals surface area (Å²) in [4.78, 5) is 36.6. The molecular weight excluding hydrogens is 587 g/mol. The highest BCUT2D eigenvalue weighted by Gasteiger charge is 2.49. The van der Waals surface area contributed by atoms with Crippen molar-refractivity contribution in [3.05, 3.63) is 54.3 Å². The number of amides is 1. The van der Waals surface area contributed by atoms with Crippen molar-refractivity contribution in [2.45, 2.75) is 61.8 Å². The first-order chi connectivity index (χ1) is 21.6. The van der Waals surface area contributed by atoms with Gasteiger partial charge in [0.25, 0.3) is 5.91 Å². The molecule has 7 rings (SSSR count). The fourth-order valence-electron chi connectivity index (χ4n) is 6.99. The number of hydrogen-bond acceptors (Lipinski definition) is 9. The number of aromatic nitrogens is 7. The largest absolute Gasteiger partial charge is 0.451 e. The standard InChI is InChI=1S/C30H32F3N11O/c1-35-29(4-2-5-29)23-13-22(40-27(41-23)30(31,32)33)26(45)43-11-9-42(10-12-43)20-14-28(15-20,6-7-34)44-17-19(16-39-44)24-21-3-8-36-25(21)38-18-37-24/h3,8,13,16-18,20,35H,2,4-6,9-12,14-15H2,1H3,(H,36,37,38)/t20-,28+. The van der Waals surface area contributed by atoms with Crippen LogP contribution in [0.4, 0.5) is 13.2 Å². The maximum atomic E-state index is 13.7. The third-order valence-electron chi connectivity index (χ3n) is 9.83. The summed E-state index contributed by atoms with van der Waals surface area (Å²) in [6.07, 6.45) is 6.16. The number of alkyl halides is 3. The van der Waals surface area contributed by atoms with E-state index in [1.165, 1.54) is 12.4 Å². The van der Waals surface area contributed by atoms with Crippen LogP contribution in [0.2, 0.25) is 0 Å². The molecule has 12 nitrogen and oxygen atoms in total. The van der Waals surface area contributed by atoms with E-state index in [4.69, 9.17) is 0 Å². The minimum atomic E-state index is -4.76. The first-order valence-electron chi connectivity index (χ1n) is 15.0. The zero-order valence-corrected chi connectivity index (χ0v) is 24.7. The normalized spacial score (nSPS) is 23.4. The zero-order valence-electron chi connectivity index (χ0n) is 24.7. The summed E-state index contributed by atoms with van der Waals surface area (Å²) in [5, 5.41) is 18.3. The Morgan fingerprint density at radius 2 is 1.96 bits per heavy atom. The maximum absolute atomic E-state index is 13.7. The van der Waals surface area contributed by atoms with Crippen LogP contribution in [0.1, 0.15) is 60.5 Å². The average molecular weight is 620 g/mol. The molecule has 2 saturated carbocycles. The number of carbonyl (C=O) groups excluding carboxylic acids is 1. The van der Waals surface area contributed by atoms with Crippen LogP contribution in [0.25, 0.3) is 22.3 Å². The number of nitrogens with zero attached hydrogens (tertiary/aromatic N) is 9. The van der Waals surface area contributed by atoms with Gasteiger partial charge in [-0.3, -0.25) is 14.4 Å². The van der Waals surface area contributed by atoms with E-state index in [9.17, 15) is 23.2 Å². The van der Waals surface area contributed by atoms with Crippen molar-refractivity contribution in [2.24, 2.45) is 0 Å². The van der Waals surface area contributed by atoms with E-state index in [1.54, 1.807) is 18.1 Å². The van der Waals surface area contributed by atoms with E-state index in [0.29, 0.717) is 45.4 Å². The number of fused-ring (bicyclic) bond motifs is 1. The first-order valence-corrected chi connectivity index (χ1v) is 15.0. The Morgan fingerprint density at radius 3 is 2.62 bits per heavy atom. The lowest BCUT2D eigenvalue weighted by Crippen LogP contribution is -2.60. The average Bonchev–Trinajstić information content (AvgIpc) is 3.68. The molecule has 5 heterocycles. The minimum absolute atomic E-state index is 0.190. The number of nitriles is 1. The van der Waals surface area contributed by atoms with Gasteiger partial charge < -0.3 is 15.2 Å². The number of rotatable bonds is 7. The molecule has 1 aliphatic heterocycles. The number of nitrogens with one attached hydrogen (secondary N) is 2. The van der Waals surface area contributed by atoms with Gasteiger partial charge in [-0.1, -0.05) is 0 Å². The fraction of sp³-hybridized carbons (Fsp3) is 0.500. The van der Waals surface area contributed by atoms with Crippen LogP contribution in [0.15, 0.2) is 37.1 Å². The Morgan fingerprint density at radius 1 is 1.18 bits per heavy atom. The van der Waals surface area contributed by atoms with Gasteiger partial charge in [0.15, 0.2) is 0 Å². The van der Waals surface area contributed by atoms with Crippen molar-refractivity contribution in [2.75, 3.05) is 33.2 Å². The van der Waals surface area contributed by atoms with E-state index in [0.717, 1.165) is 41.6 Å². The molecule has 0 radical (unpaired) electrons. The van der Waals surface area contributed by atoms with Crippen LogP contribution >= 0.6 is 0 Å². The van der Waals surface area contributed by atoms with Crippen LogP contribution in [0.5, 0.6) is 0 Å². The number of halogens is 3. The topological polar surface area (TPSA) is 145 Å². The Hall–Kier alpha value is -4.42. The molecule has 1 amide bonds. The molecule has 0 spiro atoms.